The molecule has 2 N–H and O–H groups in total. The zero-order valence-corrected chi connectivity index (χ0v) is 11.1. The minimum Gasteiger partial charge on any atom is -0.376 e. The summed E-state index contributed by atoms with van der Waals surface area (Å²) in [4.78, 5) is 16.0. The third-order valence-corrected chi connectivity index (χ3v) is 3.44. The van der Waals surface area contributed by atoms with E-state index in [0.29, 0.717) is 6.54 Å². The van der Waals surface area contributed by atoms with E-state index in [1.54, 1.807) is 12.4 Å². The lowest BCUT2D eigenvalue weighted by Crippen LogP contribution is -2.35. The fourth-order valence-corrected chi connectivity index (χ4v) is 2.41. The van der Waals surface area contributed by atoms with Gasteiger partial charge in [0.25, 0.3) is 0 Å². The van der Waals surface area contributed by atoms with Gasteiger partial charge in [0.05, 0.1) is 11.8 Å². The van der Waals surface area contributed by atoms with E-state index in [2.05, 4.69) is 15.6 Å². The van der Waals surface area contributed by atoms with E-state index < -0.39 is 0 Å². The number of hydrogen-bond donors (Lipinski definition) is 2. The summed E-state index contributed by atoms with van der Waals surface area (Å²) in [5.41, 5.74) is 0.787. The van der Waals surface area contributed by atoms with Crippen LogP contribution in [0, 0.1) is 0 Å². The number of aromatic nitrogens is 1. The maximum absolute atomic E-state index is 11.9. The fraction of sp³-hybridized carbons (Fsp3) is 0.333. The summed E-state index contributed by atoms with van der Waals surface area (Å²) in [6, 6.07) is 7.45. The van der Waals surface area contributed by atoms with Crippen LogP contribution in [-0.4, -0.2) is 30.3 Å². The number of anilines is 1. The lowest BCUT2D eigenvalue weighted by atomic mass is 10.1. The van der Waals surface area contributed by atoms with Gasteiger partial charge in [0, 0.05) is 36.3 Å². The number of carbonyl (C=O) groups excluding carboxylic acids is 1. The lowest BCUT2D eigenvalue weighted by molar-refractivity contribution is 0.112. The summed E-state index contributed by atoms with van der Waals surface area (Å²) in [5, 5.41) is 7.71. The highest BCUT2D eigenvalue weighted by Crippen LogP contribution is 2.21. The summed E-state index contributed by atoms with van der Waals surface area (Å²) in [6.45, 7) is 1.35. The molecule has 5 nitrogen and oxygen atoms in total. The Morgan fingerprint density at radius 2 is 2.35 bits per heavy atom. The topological polar surface area (TPSA) is 63.2 Å². The van der Waals surface area contributed by atoms with Gasteiger partial charge in [-0.15, -0.1) is 0 Å². The Hall–Kier alpha value is -2.14. The van der Waals surface area contributed by atoms with Crippen molar-refractivity contribution in [3.8, 4) is 0 Å². The smallest absolute Gasteiger partial charge is 0.319 e. The Bertz CT molecular complexity index is 604. The van der Waals surface area contributed by atoms with Crippen LogP contribution in [0.1, 0.15) is 12.8 Å². The maximum Gasteiger partial charge on any atom is 0.319 e. The first kappa shape index (κ1) is 12.9. The molecule has 0 bridgehead atoms. The first-order chi connectivity index (χ1) is 9.83. The molecular weight excluding hydrogens is 254 g/mol. The number of fused-ring (bicyclic) bond motifs is 1. The Balaban J connectivity index is 1.65. The van der Waals surface area contributed by atoms with Crippen molar-refractivity contribution in [2.45, 2.75) is 18.9 Å². The number of carbonyl (C=O) groups is 1. The number of benzene rings is 1. The summed E-state index contributed by atoms with van der Waals surface area (Å²) in [6.07, 6.45) is 5.74. The highest BCUT2D eigenvalue weighted by Gasteiger charge is 2.16. The summed E-state index contributed by atoms with van der Waals surface area (Å²) in [5.74, 6) is 0. The molecule has 2 heterocycles. The van der Waals surface area contributed by atoms with Crippen LogP contribution in [0.5, 0.6) is 0 Å². The van der Waals surface area contributed by atoms with Crippen LogP contribution in [0.3, 0.4) is 0 Å². The van der Waals surface area contributed by atoms with E-state index in [0.717, 1.165) is 35.9 Å². The molecular formula is C15H17N3O2. The molecule has 2 aromatic rings. The predicted molar refractivity (Wildman–Crippen MR) is 77.7 cm³/mol. The van der Waals surface area contributed by atoms with Gasteiger partial charge in [-0.3, -0.25) is 4.98 Å². The van der Waals surface area contributed by atoms with Gasteiger partial charge in [0.15, 0.2) is 0 Å². The van der Waals surface area contributed by atoms with Gasteiger partial charge in [-0.1, -0.05) is 12.1 Å². The molecule has 1 unspecified atom stereocenters. The van der Waals surface area contributed by atoms with Crippen LogP contribution < -0.4 is 10.6 Å². The van der Waals surface area contributed by atoms with Crippen molar-refractivity contribution in [2.24, 2.45) is 0 Å². The maximum atomic E-state index is 11.9. The number of nitrogens with one attached hydrogen (secondary N) is 2. The first-order valence-corrected chi connectivity index (χ1v) is 6.82. The van der Waals surface area contributed by atoms with Gasteiger partial charge in [-0.25, -0.2) is 4.79 Å². The minimum absolute atomic E-state index is 0.150. The second-order valence-corrected chi connectivity index (χ2v) is 4.87. The third-order valence-electron chi connectivity index (χ3n) is 3.44. The first-order valence-electron chi connectivity index (χ1n) is 6.82. The van der Waals surface area contributed by atoms with E-state index in [1.165, 1.54) is 0 Å². The lowest BCUT2D eigenvalue weighted by Gasteiger charge is -2.12. The van der Waals surface area contributed by atoms with Crippen molar-refractivity contribution < 1.29 is 9.53 Å². The normalized spacial score (nSPS) is 18.1. The molecule has 1 fully saturated rings. The number of nitrogens with zero attached hydrogens (tertiary/aromatic N) is 1. The number of pyridine rings is 1. The molecule has 1 aliphatic rings. The van der Waals surface area contributed by atoms with Gasteiger partial charge in [0.2, 0.25) is 0 Å². The summed E-state index contributed by atoms with van der Waals surface area (Å²) >= 11 is 0. The summed E-state index contributed by atoms with van der Waals surface area (Å²) in [7, 11) is 0. The average Bonchev–Trinajstić information content (AvgIpc) is 2.99. The molecule has 1 aromatic heterocycles. The van der Waals surface area contributed by atoms with E-state index >= 15 is 0 Å². The molecule has 0 radical (unpaired) electrons. The molecule has 0 saturated carbocycles. The zero-order valence-electron chi connectivity index (χ0n) is 11.1. The van der Waals surface area contributed by atoms with Crippen molar-refractivity contribution >= 4 is 22.5 Å². The van der Waals surface area contributed by atoms with Gasteiger partial charge in [0.1, 0.15) is 0 Å². The van der Waals surface area contributed by atoms with E-state index in [1.807, 2.05) is 24.3 Å². The number of ether oxygens (including phenoxy) is 1. The highest BCUT2D eigenvalue weighted by molar-refractivity contribution is 6.01. The minimum atomic E-state index is -0.204. The fourth-order valence-electron chi connectivity index (χ4n) is 2.41. The highest BCUT2D eigenvalue weighted by atomic mass is 16.5. The van der Waals surface area contributed by atoms with Gasteiger partial charge in [-0.2, -0.15) is 0 Å². The van der Waals surface area contributed by atoms with Crippen molar-refractivity contribution in [3.05, 3.63) is 36.7 Å². The largest absolute Gasteiger partial charge is 0.376 e. The van der Waals surface area contributed by atoms with Crippen LogP contribution in [0.2, 0.25) is 0 Å². The van der Waals surface area contributed by atoms with E-state index in [9.17, 15) is 4.79 Å². The van der Waals surface area contributed by atoms with E-state index in [4.69, 9.17) is 4.74 Å². The third kappa shape index (κ3) is 2.88. The molecule has 0 aliphatic carbocycles. The quantitative estimate of drug-likeness (QED) is 0.901. The molecule has 1 aliphatic heterocycles. The van der Waals surface area contributed by atoms with Crippen LogP contribution >= 0.6 is 0 Å². The summed E-state index contributed by atoms with van der Waals surface area (Å²) < 4.78 is 5.47. The van der Waals surface area contributed by atoms with E-state index in [-0.39, 0.29) is 12.1 Å². The Kier molecular flexibility index (Phi) is 3.78. The molecule has 20 heavy (non-hydrogen) atoms. The van der Waals surface area contributed by atoms with Crippen LogP contribution in [0.4, 0.5) is 10.5 Å². The molecule has 3 rings (SSSR count). The van der Waals surface area contributed by atoms with Crippen molar-refractivity contribution in [1.82, 2.24) is 10.3 Å². The SMILES string of the molecule is O=C(NCC1CCCO1)Nc1cccc2cnccc12. The molecule has 1 atom stereocenters. The average molecular weight is 271 g/mol. The van der Waals surface area contributed by atoms with Gasteiger partial charge >= 0.3 is 6.03 Å². The number of urea groups is 1. The molecule has 1 aromatic carbocycles. The van der Waals surface area contributed by atoms with Crippen molar-refractivity contribution in [2.75, 3.05) is 18.5 Å². The van der Waals surface area contributed by atoms with Crippen LogP contribution in [-0.2, 0) is 4.74 Å². The molecule has 1 saturated heterocycles. The molecule has 5 heteroatoms. The number of hydrogen-bond acceptors (Lipinski definition) is 3. The van der Waals surface area contributed by atoms with Gasteiger partial charge < -0.3 is 15.4 Å². The Morgan fingerprint density at radius 3 is 3.20 bits per heavy atom. The van der Waals surface area contributed by atoms with Crippen molar-refractivity contribution in [1.29, 1.82) is 0 Å². The molecule has 104 valence electrons. The standard InChI is InChI=1S/C15H17N3O2/c19-15(17-10-12-4-2-8-20-12)18-14-5-1-3-11-9-16-7-6-13(11)14/h1,3,5-7,9,12H,2,4,8,10H2,(H2,17,18,19). The van der Waals surface area contributed by atoms with Crippen LogP contribution in [0.15, 0.2) is 36.7 Å². The van der Waals surface area contributed by atoms with Crippen LogP contribution in [0.25, 0.3) is 10.8 Å². The monoisotopic (exact) mass is 271 g/mol. The Morgan fingerprint density at radius 1 is 1.40 bits per heavy atom. The number of rotatable bonds is 3. The second-order valence-electron chi connectivity index (χ2n) is 4.87. The number of amides is 2. The van der Waals surface area contributed by atoms with Gasteiger partial charge in [-0.05, 0) is 25.0 Å². The Labute approximate surface area is 117 Å². The molecule has 0 spiro atoms. The second kappa shape index (κ2) is 5.88. The molecule has 2 amide bonds. The van der Waals surface area contributed by atoms with Crippen molar-refractivity contribution in [3.63, 3.8) is 0 Å². The predicted octanol–water partition coefficient (Wildman–Crippen LogP) is 2.54. The zero-order chi connectivity index (χ0) is 13.8.